The van der Waals surface area contributed by atoms with Gasteiger partial charge in [-0.25, -0.2) is 9.97 Å². The van der Waals surface area contributed by atoms with Crippen LogP contribution >= 0.6 is 0 Å². The second-order valence-electron chi connectivity index (χ2n) is 6.00. The zero-order valence-corrected chi connectivity index (χ0v) is 11.9. The average molecular weight is 262 g/mol. The molecule has 104 valence electrons. The molecule has 0 bridgehead atoms. The molecule has 1 amide bonds. The maximum atomic E-state index is 11.9. The first-order valence-electron chi connectivity index (χ1n) is 6.80. The summed E-state index contributed by atoms with van der Waals surface area (Å²) in [5, 5.41) is 3.03. The molecule has 1 aliphatic rings. The van der Waals surface area contributed by atoms with Crippen molar-refractivity contribution in [3.05, 3.63) is 18.5 Å². The van der Waals surface area contributed by atoms with Gasteiger partial charge in [-0.15, -0.1) is 0 Å². The van der Waals surface area contributed by atoms with Gasteiger partial charge in [0.1, 0.15) is 0 Å². The summed E-state index contributed by atoms with van der Waals surface area (Å²) in [5.41, 5.74) is -0.341. The Balaban J connectivity index is 1.95. The van der Waals surface area contributed by atoms with Gasteiger partial charge in [0.25, 0.3) is 0 Å². The van der Waals surface area contributed by atoms with Gasteiger partial charge in [-0.2, -0.15) is 0 Å². The molecule has 1 fully saturated rings. The van der Waals surface area contributed by atoms with Gasteiger partial charge >= 0.3 is 0 Å². The molecule has 1 aliphatic heterocycles. The standard InChI is InChI=1S/C14H22N4O/c1-14(2,3)12(19)17-10-11-6-4-9-18(11)13-15-7-5-8-16-13/h5,7-8,11H,4,6,9-10H2,1-3H3,(H,17,19). The number of rotatable bonds is 3. The van der Waals surface area contributed by atoms with E-state index in [-0.39, 0.29) is 11.3 Å². The molecule has 2 rings (SSSR count). The molecule has 5 nitrogen and oxygen atoms in total. The Morgan fingerprint density at radius 1 is 1.42 bits per heavy atom. The minimum atomic E-state index is -0.341. The summed E-state index contributed by atoms with van der Waals surface area (Å²) in [5.74, 6) is 0.850. The Labute approximate surface area is 114 Å². The largest absolute Gasteiger partial charge is 0.354 e. The number of aromatic nitrogens is 2. The second-order valence-corrected chi connectivity index (χ2v) is 6.00. The van der Waals surface area contributed by atoms with Gasteiger partial charge < -0.3 is 10.2 Å². The number of nitrogens with zero attached hydrogens (tertiary/aromatic N) is 3. The Hall–Kier alpha value is -1.65. The maximum Gasteiger partial charge on any atom is 0.225 e. The minimum absolute atomic E-state index is 0.0910. The van der Waals surface area contributed by atoms with E-state index in [1.807, 2.05) is 26.8 Å². The fourth-order valence-electron chi connectivity index (χ4n) is 2.23. The molecule has 19 heavy (non-hydrogen) atoms. The molecule has 2 heterocycles. The van der Waals surface area contributed by atoms with Crippen LogP contribution in [0.3, 0.4) is 0 Å². The van der Waals surface area contributed by atoms with E-state index >= 15 is 0 Å². The Bertz CT molecular complexity index is 427. The first-order valence-corrected chi connectivity index (χ1v) is 6.80. The lowest BCUT2D eigenvalue weighted by Crippen LogP contribution is -2.44. The van der Waals surface area contributed by atoms with Crippen LogP contribution in [0.25, 0.3) is 0 Å². The van der Waals surface area contributed by atoms with Crippen LogP contribution in [0.4, 0.5) is 5.95 Å². The van der Waals surface area contributed by atoms with Gasteiger partial charge in [-0.3, -0.25) is 4.79 Å². The lowest BCUT2D eigenvalue weighted by molar-refractivity contribution is -0.128. The van der Waals surface area contributed by atoms with Crippen LogP contribution in [0, 0.1) is 5.41 Å². The first kappa shape index (κ1) is 13.8. The van der Waals surface area contributed by atoms with Crippen molar-refractivity contribution in [3.63, 3.8) is 0 Å². The van der Waals surface area contributed by atoms with E-state index in [1.54, 1.807) is 12.4 Å². The predicted molar refractivity (Wildman–Crippen MR) is 74.9 cm³/mol. The fraction of sp³-hybridized carbons (Fsp3) is 0.643. The lowest BCUT2D eigenvalue weighted by atomic mass is 9.95. The molecule has 0 spiro atoms. The summed E-state index contributed by atoms with van der Waals surface area (Å²) < 4.78 is 0. The highest BCUT2D eigenvalue weighted by molar-refractivity contribution is 5.81. The van der Waals surface area contributed by atoms with Crippen molar-refractivity contribution in [1.29, 1.82) is 0 Å². The number of amides is 1. The number of hydrogen-bond acceptors (Lipinski definition) is 4. The third kappa shape index (κ3) is 3.43. The van der Waals surface area contributed by atoms with E-state index in [9.17, 15) is 4.79 Å². The molecule has 0 radical (unpaired) electrons. The Kier molecular flexibility index (Phi) is 4.02. The second kappa shape index (κ2) is 5.55. The van der Waals surface area contributed by atoms with Crippen molar-refractivity contribution in [2.75, 3.05) is 18.0 Å². The van der Waals surface area contributed by atoms with Crippen LogP contribution in [0.2, 0.25) is 0 Å². The lowest BCUT2D eigenvalue weighted by Gasteiger charge is -2.26. The molecule has 1 unspecified atom stereocenters. The van der Waals surface area contributed by atoms with Crippen molar-refractivity contribution in [2.24, 2.45) is 5.41 Å². The zero-order valence-electron chi connectivity index (χ0n) is 11.9. The maximum absolute atomic E-state index is 11.9. The smallest absolute Gasteiger partial charge is 0.225 e. The first-order chi connectivity index (χ1) is 8.98. The molecule has 1 saturated heterocycles. The molecule has 1 atom stereocenters. The summed E-state index contributed by atoms with van der Waals surface area (Å²) in [4.78, 5) is 22.7. The number of carbonyl (C=O) groups is 1. The van der Waals surface area contributed by atoms with E-state index < -0.39 is 0 Å². The summed E-state index contributed by atoms with van der Waals surface area (Å²) in [6.45, 7) is 7.40. The molecular weight excluding hydrogens is 240 g/mol. The number of anilines is 1. The van der Waals surface area contributed by atoms with Crippen molar-refractivity contribution in [3.8, 4) is 0 Å². The van der Waals surface area contributed by atoms with Crippen LogP contribution in [0.15, 0.2) is 18.5 Å². The monoisotopic (exact) mass is 262 g/mol. The predicted octanol–water partition coefficient (Wildman–Crippen LogP) is 1.61. The summed E-state index contributed by atoms with van der Waals surface area (Å²) in [6.07, 6.45) is 5.70. The van der Waals surface area contributed by atoms with Gasteiger partial charge in [-0.05, 0) is 18.9 Å². The Morgan fingerprint density at radius 2 is 2.11 bits per heavy atom. The minimum Gasteiger partial charge on any atom is -0.354 e. The van der Waals surface area contributed by atoms with E-state index in [0.717, 1.165) is 25.3 Å². The molecule has 1 aromatic rings. The third-order valence-electron chi connectivity index (χ3n) is 3.37. The van der Waals surface area contributed by atoms with Crippen LogP contribution < -0.4 is 10.2 Å². The van der Waals surface area contributed by atoms with Crippen molar-refractivity contribution < 1.29 is 4.79 Å². The van der Waals surface area contributed by atoms with Crippen molar-refractivity contribution in [2.45, 2.75) is 39.7 Å². The van der Waals surface area contributed by atoms with Gasteiger partial charge in [-0.1, -0.05) is 20.8 Å². The van der Waals surface area contributed by atoms with Crippen molar-refractivity contribution in [1.82, 2.24) is 15.3 Å². The number of carbonyl (C=O) groups excluding carboxylic acids is 1. The van der Waals surface area contributed by atoms with Gasteiger partial charge in [0.05, 0.1) is 0 Å². The van der Waals surface area contributed by atoms with E-state index in [4.69, 9.17) is 0 Å². The summed E-state index contributed by atoms with van der Waals surface area (Å²) in [7, 11) is 0. The fourth-order valence-corrected chi connectivity index (χ4v) is 2.23. The van der Waals surface area contributed by atoms with Crippen LogP contribution in [-0.2, 0) is 4.79 Å². The molecule has 0 aromatic carbocycles. The number of hydrogen-bond donors (Lipinski definition) is 1. The molecule has 0 saturated carbocycles. The Morgan fingerprint density at radius 3 is 2.74 bits per heavy atom. The SMILES string of the molecule is CC(C)(C)C(=O)NCC1CCCN1c1ncccn1. The molecule has 0 aliphatic carbocycles. The quantitative estimate of drug-likeness (QED) is 0.899. The van der Waals surface area contributed by atoms with E-state index in [2.05, 4.69) is 20.2 Å². The molecule has 1 aromatic heterocycles. The highest BCUT2D eigenvalue weighted by atomic mass is 16.2. The van der Waals surface area contributed by atoms with Crippen LogP contribution in [-0.4, -0.2) is 35.0 Å². The van der Waals surface area contributed by atoms with E-state index in [0.29, 0.717) is 12.6 Å². The van der Waals surface area contributed by atoms with Gasteiger partial charge in [0, 0.05) is 36.9 Å². The molecule has 5 heteroatoms. The zero-order chi connectivity index (χ0) is 13.9. The molecular formula is C14H22N4O. The molecule has 1 N–H and O–H groups in total. The average Bonchev–Trinajstić information content (AvgIpc) is 2.84. The highest BCUT2D eigenvalue weighted by Gasteiger charge is 2.28. The van der Waals surface area contributed by atoms with Gasteiger partial charge in [0.15, 0.2) is 0 Å². The van der Waals surface area contributed by atoms with Crippen LogP contribution in [0.5, 0.6) is 0 Å². The number of nitrogens with one attached hydrogen (secondary N) is 1. The summed E-state index contributed by atoms with van der Waals surface area (Å²) in [6, 6.07) is 2.12. The summed E-state index contributed by atoms with van der Waals surface area (Å²) >= 11 is 0. The van der Waals surface area contributed by atoms with Crippen LogP contribution in [0.1, 0.15) is 33.6 Å². The van der Waals surface area contributed by atoms with Gasteiger partial charge in [0.2, 0.25) is 11.9 Å². The topological polar surface area (TPSA) is 58.1 Å². The van der Waals surface area contributed by atoms with Crippen molar-refractivity contribution >= 4 is 11.9 Å². The van der Waals surface area contributed by atoms with E-state index in [1.165, 1.54) is 0 Å². The third-order valence-corrected chi connectivity index (χ3v) is 3.37. The highest BCUT2D eigenvalue weighted by Crippen LogP contribution is 2.21. The normalized spacial score (nSPS) is 19.5.